The smallest absolute Gasteiger partial charge is 0.132 e. The SMILES string of the molecule is C=C\C=C(F)/C(=C\C)C(/N)=C/C=C/C1CCC(N)CC1.CC.CC.CC. The number of hydrogen-bond donors (Lipinski definition) is 2. The van der Waals surface area contributed by atoms with Crippen molar-refractivity contribution in [1.29, 1.82) is 0 Å². The van der Waals surface area contributed by atoms with Crippen LogP contribution in [0.2, 0.25) is 0 Å². The van der Waals surface area contributed by atoms with Crippen molar-refractivity contribution in [2.24, 2.45) is 17.4 Å². The molecule has 3 heteroatoms. The highest BCUT2D eigenvalue weighted by atomic mass is 19.1. The van der Waals surface area contributed by atoms with Crippen molar-refractivity contribution >= 4 is 0 Å². The van der Waals surface area contributed by atoms with Gasteiger partial charge in [-0.15, -0.1) is 0 Å². The molecule has 0 heterocycles. The van der Waals surface area contributed by atoms with E-state index in [1.54, 1.807) is 19.1 Å². The predicted octanol–water partition coefficient (Wildman–Crippen LogP) is 6.97. The van der Waals surface area contributed by atoms with Gasteiger partial charge in [0.05, 0.1) is 0 Å². The largest absolute Gasteiger partial charge is 0.398 e. The molecule has 0 aromatic rings. The van der Waals surface area contributed by atoms with Gasteiger partial charge in [-0.25, -0.2) is 4.39 Å². The second-order valence-corrected chi connectivity index (χ2v) is 5.13. The van der Waals surface area contributed by atoms with E-state index in [1.807, 2.05) is 47.6 Å². The lowest BCUT2D eigenvalue weighted by atomic mass is 9.86. The van der Waals surface area contributed by atoms with Gasteiger partial charge in [0.15, 0.2) is 0 Å². The molecular formula is C23H43FN2. The summed E-state index contributed by atoms with van der Waals surface area (Å²) in [6.45, 7) is 17.2. The Hall–Kier alpha value is -1.61. The second-order valence-electron chi connectivity index (χ2n) is 5.13. The summed E-state index contributed by atoms with van der Waals surface area (Å²) in [6, 6.07) is 0.355. The zero-order valence-corrected chi connectivity index (χ0v) is 18.2. The lowest BCUT2D eigenvalue weighted by molar-refractivity contribution is 0.375. The Bertz CT molecular complexity index is 437. The lowest BCUT2D eigenvalue weighted by Crippen LogP contribution is -2.25. The topological polar surface area (TPSA) is 52.0 Å². The van der Waals surface area contributed by atoms with Crippen molar-refractivity contribution in [3.63, 3.8) is 0 Å². The van der Waals surface area contributed by atoms with Crippen molar-refractivity contribution in [3.05, 3.63) is 60.1 Å². The van der Waals surface area contributed by atoms with Crippen LogP contribution >= 0.6 is 0 Å². The van der Waals surface area contributed by atoms with E-state index >= 15 is 0 Å². The molecule has 26 heavy (non-hydrogen) atoms. The summed E-state index contributed by atoms with van der Waals surface area (Å²) in [5, 5.41) is 0. The minimum atomic E-state index is -0.367. The predicted molar refractivity (Wildman–Crippen MR) is 119 cm³/mol. The van der Waals surface area contributed by atoms with Gasteiger partial charge in [0.2, 0.25) is 0 Å². The van der Waals surface area contributed by atoms with Crippen molar-refractivity contribution in [3.8, 4) is 0 Å². The van der Waals surface area contributed by atoms with Gasteiger partial charge >= 0.3 is 0 Å². The van der Waals surface area contributed by atoms with Crippen LogP contribution < -0.4 is 11.5 Å². The first-order valence-electron chi connectivity index (χ1n) is 10.1. The molecule has 0 atom stereocenters. The molecule has 4 N–H and O–H groups in total. The molecule has 0 unspecified atom stereocenters. The average Bonchev–Trinajstić information content (AvgIpc) is 2.69. The molecule has 0 bridgehead atoms. The fraction of sp³-hybridized carbons (Fsp3) is 0.565. The Morgan fingerprint density at radius 1 is 0.962 bits per heavy atom. The first-order valence-corrected chi connectivity index (χ1v) is 10.1. The van der Waals surface area contributed by atoms with Crippen molar-refractivity contribution in [2.45, 2.75) is 80.2 Å². The minimum absolute atomic E-state index is 0.355. The molecule has 0 spiro atoms. The molecule has 0 aliphatic heterocycles. The fourth-order valence-electron chi connectivity index (χ4n) is 2.38. The Labute approximate surface area is 162 Å². The second kappa shape index (κ2) is 21.4. The summed E-state index contributed by atoms with van der Waals surface area (Å²) in [6.07, 6.45) is 14.6. The van der Waals surface area contributed by atoms with Crippen LogP contribution in [0, 0.1) is 5.92 Å². The van der Waals surface area contributed by atoms with Crippen molar-refractivity contribution in [1.82, 2.24) is 0 Å². The first-order chi connectivity index (χ1) is 12.6. The molecule has 1 aliphatic carbocycles. The van der Waals surface area contributed by atoms with Gasteiger partial charge < -0.3 is 11.5 Å². The molecule has 1 fully saturated rings. The summed E-state index contributed by atoms with van der Waals surface area (Å²) in [5.74, 6) is 0.190. The summed E-state index contributed by atoms with van der Waals surface area (Å²) < 4.78 is 13.7. The van der Waals surface area contributed by atoms with E-state index in [4.69, 9.17) is 11.5 Å². The highest BCUT2D eigenvalue weighted by Crippen LogP contribution is 2.24. The molecule has 0 saturated heterocycles. The quantitative estimate of drug-likeness (QED) is 0.516. The highest BCUT2D eigenvalue weighted by Gasteiger charge is 2.15. The first kappa shape index (κ1) is 29.2. The average molecular weight is 367 g/mol. The van der Waals surface area contributed by atoms with Crippen LogP contribution in [0.25, 0.3) is 0 Å². The Morgan fingerprint density at radius 2 is 1.46 bits per heavy atom. The van der Waals surface area contributed by atoms with Crippen LogP contribution in [-0.4, -0.2) is 6.04 Å². The van der Waals surface area contributed by atoms with Gasteiger partial charge in [-0.05, 0) is 50.7 Å². The summed E-state index contributed by atoms with van der Waals surface area (Å²) in [7, 11) is 0. The summed E-state index contributed by atoms with van der Waals surface area (Å²) in [5.41, 5.74) is 12.6. The monoisotopic (exact) mass is 366 g/mol. The maximum absolute atomic E-state index is 13.7. The van der Waals surface area contributed by atoms with E-state index in [2.05, 4.69) is 12.7 Å². The van der Waals surface area contributed by atoms with E-state index in [9.17, 15) is 4.39 Å². The molecule has 152 valence electrons. The van der Waals surface area contributed by atoms with Crippen molar-refractivity contribution < 1.29 is 4.39 Å². The van der Waals surface area contributed by atoms with Crippen LogP contribution in [0.5, 0.6) is 0 Å². The van der Waals surface area contributed by atoms with Gasteiger partial charge in [-0.3, -0.25) is 0 Å². The highest BCUT2D eigenvalue weighted by molar-refractivity contribution is 5.43. The van der Waals surface area contributed by atoms with E-state index in [1.165, 1.54) is 12.2 Å². The maximum Gasteiger partial charge on any atom is 0.132 e. The van der Waals surface area contributed by atoms with E-state index in [0.717, 1.165) is 25.7 Å². The summed E-state index contributed by atoms with van der Waals surface area (Å²) in [4.78, 5) is 0. The minimum Gasteiger partial charge on any atom is -0.398 e. The van der Waals surface area contributed by atoms with Gasteiger partial charge in [0.25, 0.3) is 0 Å². The van der Waals surface area contributed by atoms with Gasteiger partial charge in [0.1, 0.15) is 5.83 Å². The molecule has 0 aromatic carbocycles. The molecule has 1 aliphatic rings. The molecule has 1 rings (SSSR count). The molecule has 0 radical (unpaired) electrons. The van der Waals surface area contributed by atoms with Gasteiger partial charge in [-0.1, -0.05) is 72.4 Å². The van der Waals surface area contributed by atoms with E-state index < -0.39 is 0 Å². The van der Waals surface area contributed by atoms with Crippen molar-refractivity contribution in [2.75, 3.05) is 0 Å². The van der Waals surface area contributed by atoms with Crippen LogP contribution in [0.4, 0.5) is 4.39 Å². The number of rotatable bonds is 5. The Kier molecular flexibility index (Phi) is 24.0. The zero-order valence-electron chi connectivity index (χ0n) is 18.2. The Balaban J connectivity index is -0.000000795. The fourth-order valence-corrected chi connectivity index (χ4v) is 2.38. The normalized spacial score (nSPS) is 20.7. The number of allylic oxidation sites excluding steroid dienone is 7. The molecule has 2 nitrogen and oxygen atoms in total. The van der Waals surface area contributed by atoms with Crippen LogP contribution in [0.1, 0.15) is 74.1 Å². The molecule has 0 amide bonds. The van der Waals surface area contributed by atoms with E-state index in [0.29, 0.717) is 23.2 Å². The summed E-state index contributed by atoms with van der Waals surface area (Å²) >= 11 is 0. The number of hydrogen-bond acceptors (Lipinski definition) is 2. The maximum atomic E-state index is 13.7. The third-order valence-corrected chi connectivity index (χ3v) is 3.60. The van der Waals surface area contributed by atoms with Crippen LogP contribution in [0.15, 0.2) is 60.1 Å². The molecule has 0 aromatic heterocycles. The Morgan fingerprint density at radius 3 is 1.88 bits per heavy atom. The molecule has 1 saturated carbocycles. The number of halogens is 1. The number of nitrogens with two attached hydrogens (primary N) is 2. The van der Waals surface area contributed by atoms with Gasteiger partial charge in [-0.2, -0.15) is 0 Å². The third-order valence-electron chi connectivity index (χ3n) is 3.60. The molecular weight excluding hydrogens is 323 g/mol. The van der Waals surface area contributed by atoms with Crippen LogP contribution in [0.3, 0.4) is 0 Å². The zero-order chi connectivity index (χ0) is 21.0. The third kappa shape index (κ3) is 13.7. The van der Waals surface area contributed by atoms with E-state index in [-0.39, 0.29) is 5.83 Å². The van der Waals surface area contributed by atoms with Crippen LogP contribution in [-0.2, 0) is 0 Å². The standard InChI is InChI=1S/C17H25FN2.3C2H6/c1-3-6-16(18)15(4-2)17(20)8-5-7-13-9-11-14(19)12-10-13;3*1-2/h3-8,13-14H,1,9-12,19-20H2,2H3;3*1-2H3/b7-5+,15-4+,16-6+,17-8-;;;. The lowest BCUT2D eigenvalue weighted by Gasteiger charge is -2.23. The van der Waals surface area contributed by atoms with Gasteiger partial charge in [0, 0.05) is 17.3 Å².